The lowest BCUT2D eigenvalue weighted by atomic mass is 9.89. The van der Waals surface area contributed by atoms with E-state index in [0.29, 0.717) is 6.54 Å². The van der Waals surface area contributed by atoms with Gasteiger partial charge in [0.15, 0.2) is 5.78 Å². The van der Waals surface area contributed by atoms with Crippen LogP contribution in [-0.4, -0.2) is 18.0 Å². The lowest BCUT2D eigenvalue weighted by Gasteiger charge is -2.19. The van der Waals surface area contributed by atoms with E-state index in [-0.39, 0.29) is 16.6 Å². The molecule has 0 aromatic carbocycles. The van der Waals surface area contributed by atoms with Gasteiger partial charge in [0.1, 0.15) is 0 Å². The largest absolute Gasteiger partial charge is 0.297 e. The summed E-state index contributed by atoms with van der Waals surface area (Å²) in [6, 6.07) is 0. The van der Waals surface area contributed by atoms with Gasteiger partial charge in [0.2, 0.25) is 0 Å². The standard InChI is InChI=1S/C12H23NO/c1-9(11(2,3)4)13-8-10(14)12(5,6)7/h8H2,1-7H3. The Kier molecular flexibility index (Phi) is 4.04. The number of carbonyl (C=O) groups excluding carboxylic acids is 1. The molecule has 0 N–H and O–H groups in total. The molecule has 0 amide bonds. The van der Waals surface area contributed by atoms with Crippen LogP contribution in [0.15, 0.2) is 4.99 Å². The molecule has 0 aromatic rings. The third-order valence-corrected chi connectivity index (χ3v) is 2.38. The highest BCUT2D eigenvalue weighted by molar-refractivity contribution is 5.91. The summed E-state index contributed by atoms with van der Waals surface area (Å²) in [5, 5.41) is 0. The lowest BCUT2D eigenvalue weighted by molar-refractivity contribution is -0.124. The summed E-state index contributed by atoms with van der Waals surface area (Å²) in [6.07, 6.45) is 0. The van der Waals surface area contributed by atoms with Crippen LogP contribution in [-0.2, 0) is 4.79 Å². The maximum atomic E-state index is 11.6. The molecule has 0 fully saturated rings. The topological polar surface area (TPSA) is 29.4 Å². The summed E-state index contributed by atoms with van der Waals surface area (Å²) in [6.45, 7) is 14.4. The summed E-state index contributed by atoms with van der Waals surface area (Å²) < 4.78 is 0. The summed E-state index contributed by atoms with van der Waals surface area (Å²) in [5.41, 5.74) is 0.829. The smallest absolute Gasteiger partial charge is 0.159 e. The number of hydrogen-bond acceptors (Lipinski definition) is 2. The highest BCUT2D eigenvalue weighted by Crippen LogP contribution is 2.17. The Morgan fingerprint density at radius 3 is 1.71 bits per heavy atom. The first-order valence-corrected chi connectivity index (χ1v) is 5.10. The number of aliphatic imine (C=N–C) groups is 1. The first-order chi connectivity index (χ1) is 6.05. The van der Waals surface area contributed by atoms with Crippen molar-refractivity contribution >= 4 is 11.5 Å². The van der Waals surface area contributed by atoms with E-state index >= 15 is 0 Å². The van der Waals surface area contributed by atoms with Crippen LogP contribution in [0.25, 0.3) is 0 Å². The highest BCUT2D eigenvalue weighted by atomic mass is 16.1. The predicted octanol–water partition coefficient (Wildman–Crippen LogP) is 3.11. The number of rotatable bonds is 2. The van der Waals surface area contributed by atoms with Crippen LogP contribution in [0.3, 0.4) is 0 Å². The Morgan fingerprint density at radius 1 is 1.00 bits per heavy atom. The normalized spacial score (nSPS) is 14.4. The monoisotopic (exact) mass is 197 g/mol. The molecule has 0 saturated heterocycles. The second-order valence-corrected chi connectivity index (χ2v) is 5.82. The van der Waals surface area contributed by atoms with Gasteiger partial charge in [0.05, 0.1) is 6.54 Å². The fourth-order valence-corrected chi connectivity index (χ4v) is 0.665. The predicted molar refractivity (Wildman–Crippen MR) is 61.9 cm³/mol. The molecule has 0 heterocycles. The van der Waals surface area contributed by atoms with Crippen molar-refractivity contribution in [1.82, 2.24) is 0 Å². The van der Waals surface area contributed by atoms with Crippen LogP contribution in [0.5, 0.6) is 0 Å². The minimum absolute atomic E-state index is 0.0676. The molecular weight excluding hydrogens is 174 g/mol. The highest BCUT2D eigenvalue weighted by Gasteiger charge is 2.21. The average Bonchev–Trinajstić information content (AvgIpc) is 1.95. The molecule has 82 valence electrons. The molecule has 0 atom stereocenters. The van der Waals surface area contributed by atoms with E-state index in [1.54, 1.807) is 0 Å². The van der Waals surface area contributed by atoms with Crippen molar-refractivity contribution in [3.05, 3.63) is 0 Å². The minimum atomic E-state index is -0.276. The molecule has 0 aliphatic carbocycles. The molecule has 14 heavy (non-hydrogen) atoms. The number of ketones is 1. The fraction of sp³-hybridized carbons (Fsp3) is 0.833. The van der Waals surface area contributed by atoms with Gasteiger partial charge in [-0.1, -0.05) is 41.5 Å². The molecule has 0 saturated carbocycles. The quantitative estimate of drug-likeness (QED) is 0.625. The summed E-state index contributed by atoms with van der Waals surface area (Å²) in [4.78, 5) is 15.9. The van der Waals surface area contributed by atoms with Gasteiger partial charge in [0, 0.05) is 11.1 Å². The molecule has 0 bridgehead atoms. The van der Waals surface area contributed by atoms with Crippen molar-refractivity contribution in [1.29, 1.82) is 0 Å². The number of hydrogen-bond donors (Lipinski definition) is 0. The Hall–Kier alpha value is -0.660. The van der Waals surface area contributed by atoms with Crippen LogP contribution in [0, 0.1) is 10.8 Å². The third kappa shape index (κ3) is 4.54. The van der Waals surface area contributed by atoms with Crippen LogP contribution in [0.4, 0.5) is 0 Å². The molecule has 2 heteroatoms. The molecule has 0 aliphatic rings. The van der Waals surface area contributed by atoms with Crippen molar-refractivity contribution in [2.75, 3.05) is 6.54 Å². The van der Waals surface area contributed by atoms with Gasteiger partial charge < -0.3 is 0 Å². The molecule has 0 spiro atoms. The fourth-order valence-electron chi connectivity index (χ4n) is 0.665. The average molecular weight is 197 g/mol. The first kappa shape index (κ1) is 13.3. The van der Waals surface area contributed by atoms with Gasteiger partial charge in [-0.25, -0.2) is 0 Å². The van der Waals surface area contributed by atoms with Crippen molar-refractivity contribution < 1.29 is 4.79 Å². The van der Waals surface area contributed by atoms with Crippen LogP contribution < -0.4 is 0 Å². The van der Waals surface area contributed by atoms with Gasteiger partial charge in [-0.15, -0.1) is 0 Å². The molecule has 0 radical (unpaired) electrons. The van der Waals surface area contributed by atoms with Crippen molar-refractivity contribution in [2.24, 2.45) is 15.8 Å². The maximum absolute atomic E-state index is 11.6. The van der Waals surface area contributed by atoms with E-state index in [0.717, 1.165) is 5.71 Å². The Bertz CT molecular complexity index is 238. The van der Waals surface area contributed by atoms with Gasteiger partial charge in [-0.3, -0.25) is 9.79 Å². The van der Waals surface area contributed by atoms with Crippen molar-refractivity contribution in [3.8, 4) is 0 Å². The van der Waals surface area contributed by atoms with Gasteiger partial charge in [0.25, 0.3) is 0 Å². The van der Waals surface area contributed by atoms with E-state index in [1.807, 2.05) is 27.7 Å². The van der Waals surface area contributed by atoms with E-state index < -0.39 is 0 Å². The van der Waals surface area contributed by atoms with Crippen molar-refractivity contribution in [3.63, 3.8) is 0 Å². The van der Waals surface area contributed by atoms with Crippen LogP contribution >= 0.6 is 0 Å². The van der Waals surface area contributed by atoms with E-state index in [1.165, 1.54) is 0 Å². The summed E-state index contributed by atoms with van der Waals surface area (Å²) in [7, 11) is 0. The first-order valence-electron chi connectivity index (χ1n) is 5.10. The van der Waals surface area contributed by atoms with Gasteiger partial charge in [-0.05, 0) is 12.3 Å². The van der Waals surface area contributed by atoms with Gasteiger partial charge in [-0.2, -0.15) is 0 Å². The Morgan fingerprint density at radius 2 is 1.43 bits per heavy atom. The zero-order valence-corrected chi connectivity index (χ0v) is 10.6. The zero-order chi connectivity index (χ0) is 11.6. The number of nitrogens with zero attached hydrogens (tertiary/aromatic N) is 1. The summed E-state index contributed by atoms with van der Waals surface area (Å²) >= 11 is 0. The Labute approximate surface area is 87.8 Å². The number of Topliss-reactive ketones (excluding diaryl/α,β-unsaturated/α-hetero) is 1. The van der Waals surface area contributed by atoms with E-state index in [9.17, 15) is 4.79 Å². The molecule has 0 rings (SSSR count). The second-order valence-electron chi connectivity index (χ2n) is 5.82. The molecule has 2 nitrogen and oxygen atoms in total. The molecule has 0 unspecified atom stereocenters. The minimum Gasteiger partial charge on any atom is -0.297 e. The van der Waals surface area contributed by atoms with Crippen LogP contribution in [0.2, 0.25) is 0 Å². The molecule has 0 aromatic heterocycles. The SMILES string of the molecule is CC(=NCC(=O)C(C)(C)C)C(C)(C)C. The second kappa shape index (κ2) is 4.24. The molecular formula is C12H23NO. The van der Waals surface area contributed by atoms with E-state index in [2.05, 4.69) is 25.8 Å². The zero-order valence-electron chi connectivity index (χ0n) is 10.6. The Balaban J connectivity index is 4.39. The molecule has 0 aliphatic heterocycles. The summed E-state index contributed by atoms with van der Waals surface area (Å²) in [5.74, 6) is 0.195. The van der Waals surface area contributed by atoms with Crippen LogP contribution in [0.1, 0.15) is 48.5 Å². The maximum Gasteiger partial charge on any atom is 0.159 e. The van der Waals surface area contributed by atoms with Gasteiger partial charge >= 0.3 is 0 Å². The van der Waals surface area contributed by atoms with E-state index in [4.69, 9.17) is 0 Å². The third-order valence-electron chi connectivity index (χ3n) is 2.38. The van der Waals surface area contributed by atoms with Crippen molar-refractivity contribution in [2.45, 2.75) is 48.5 Å². The number of carbonyl (C=O) groups is 1. The lowest BCUT2D eigenvalue weighted by Crippen LogP contribution is -2.25.